The molecule has 0 bridgehead atoms. The zero-order valence-electron chi connectivity index (χ0n) is 20.5. The highest BCUT2D eigenvalue weighted by molar-refractivity contribution is 5.63. The maximum atomic E-state index is 3.37. The molecule has 4 heteroatoms. The van der Waals surface area contributed by atoms with E-state index in [-0.39, 0.29) is 0 Å². The van der Waals surface area contributed by atoms with E-state index in [4.69, 9.17) is 0 Å². The Morgan fingerprint density at radius 1 is 0.353 bits per heavy atom. The molecule has 0 atom stereocenters. The lowest BCUT2D eigenvalue weighted by Gasteiger charge is -2.11. The van der Waals surface area contributed by atoms with Gasteiger partial charge in [-0.15, -0.1) is 0 Å². The first kappa shape index (κ1) is 24.7. The van der Waals surface area contributed by atoms with Crippen molar-refractivity contribution in [3.63, 3.8) is 0 Å². The Morgan fingerprint density at radius 2 is 0.618 bits per heavy atom. The second-order valence-electron chi connectivity index (χ2n) is 8.73. The fourth-order valence-electron chi connectivity index (χ4n) is 3.34. The highest BCUT2D eigenvalue weighted by Gasteiger charge is 1.98. The standard InChI is InChI=1S/2C15H18N2/c2*1-12(2)16-14-8-10-15(11-9-14)17-13-6-4-3-5-7-13/h2*3-12,16-17H,1-2H3. The van der Waals surface area contributed by atoms with Gasteiger partial charge in [0.15, 0.2) is 0 Å². The van der Waals surface area contributed by atoms with Crippen LogP contribution in [0.2, 0.25) is 0 Å². The van der Waals surface area contributed by atoms with Crippen LogP contribution in [-0.2, 0) is 0 Å². The second-order valence-corrected chi connectivity index (χ2v) is 8.73. The fraction of sp³-hybridized carbons (Fsp3) is 0.200. The van der Waals surface area contributed by atoms with Gasteiger partial charge < -0.3 is 21.3 Å². The van der Waals surface area contributed by atoms with Crippen LogP contribution in [0.25, 0.3) is 0 Å². The molecule has 0 radical (unpaired) electrons. The summed E-state index contributed by atoms with van der Waals surface area (Å²) < 4.78 is 0. The number of hydrogen-bond donors (Lipinski definition) is 4. The minimum atomic E-state index is 0.461. The number of nitrogens with one attached hydrogen (secondary N) is 4. The lowest BCUT2D eigenvalue weighted by Crippen LogP contribution is -2.09. The Balaban J connectivity index is 0.000000191. The summed E-state index contributed by atoms with van der Waals surface area (Å²) in [6, 6.07) is 38.0. The Labute approximate surface area is 204 Å². The molecule has 0 aliphatic heterocycles. The third-order valence-corrected chi connectivity index (χ3v) is 4.81. The quantitative estimate of drug-likeness (QED) is 0.216. The van der Waals surface area contributed by atoms with Crippen molar-refractivity contribution in [1.82, 2.24) is 0 Å². The number of para-hydroxylation sites is 2. The van der Waals surface area contributed by atoms with E-state index in [1.165, 1.54) is 0 Å². The molecule has 0 saturated carbocycles. The Hall–Kier alpha value is -3.92. The monoisotopic (exact) mass is 452 g/mol. The van der Waals surface area contributed by atoms with Gasteiger partial charge in [-0.3, -0.25) is 0 Å². The van der Waals surface area contributed by atoms with E-state index in [0.717, 1.165) is 34.1 Å². The van der Waals surface area contributed by atoms with Crippen molar-refractivity contribution in [1.29, 1.82) is 0 Å². The topological polar surface area (TPSA) is 48.1 Å². The first-order valence-corrected chi connectivity index (χ1v) is 11.9. The van der Waals surface area contributed by atoms with E-state index in [1.54, 1.807) is 0 Å². The number of anilines is 6. The molecule has 4 aromatic rings. The van der Waals surface area contributed by atoms with Crippen LogP contribution in [0.15, 0.2) is 109 Å². The van der Waals surface area contributed by atoms with Gasteiger partial charge in [0.1, 0.15) is 0 Å². The van der Waals surface area contributed by atoms with Crippen molar-refractivity contribution in [2.45, 2.75) is 39.8 Å². The second kappa shape index (κ2) is 12.9. The summed E-state index contributed by atoms with van der Waals surface area (Å²) in [5.74, 6) is 0. The van der Waals surface area contributed by atoms with Crippen molar-refractivity contribution in [2.75, 3.05) is 21.3 Å². The molecule has 0 amide bonds. The van der Waals surface area contributed by atoms with Crippen molar-refractivity contribution in [2.24, 2.45) is 0 Å². The maximum Gasteiger partial charge on any atom is 0.0385 e. The molecule has 4 rings (SSSR count). The van der Waals surface area contributed by atoms with Gasteiger partial charge in [0.2, 0.25) is 0 Å². The number of rotatable bonds is 8. The minimum Gasteiger partial charge on any atom is -0.383 e. The normalized spacial score (nSPS) is 10.3. The van der Waals surface area contributed by atoms with Crippen LogP contribution in [0.3, 0.4) is 0 Å². The van der Waals surface area contributed by atoms with Gasteiger partial charge in [-0.25, -0.2) is 0 Å². The molecule has 0 unspecified atom stereocenters. The molecule has 0 aliphatic rings. The molecular weight excluding hydrogens is 416 g/mol. The first-order valence-electron chi connectivity index (χ1n) is 11.9. The third-order valence-electron chi connectivity index (χ3n) is 4.81. The van der Waals surface area contributed by atoms with Crippen LogP contribution < -0.4 is 21.3 Å². The van der Waals surface area contributed by atoms with Crippen LogP contribution in [0.1, 0.15) is 27.7 Å². The lowest BCUT2D eigenvalue weighted by molar-refractivity contribution is 0.899. The van der Waals surface area contributed by atoms with Crippen molar-refractivity contribution >= 4 is 34.1 Å². The van der Waals surface area contributed by atoms with Crippen molar-refractivity contribution in [3.8, 4) is 0 Å². The summed E-state index contributed by atoms with van der Waals surface area (Å²) in [4.78, 5) is 0. The van der Waals surface area contributed by atoms with Crippen LogP contribution in [0, 0.1) is 0 Å². The predicted octanol–water partition coefficient (Wildman–Crippen LogP) is 8.50. The third kappa shape index (κ3) is 8.91. The molecular formula is C30H36N4. The number of hydrogen-bond acceptors (Lipinski definition) is 4. The highest BCUT2D eigenvalue weighted by atomic mass is 14.9. The van der Waals surface area contributed by atoms with Crippen molar-refractivity contribution < 1.29 is 0 Å². The van der Waals surface area contributed by atoms with Crippen LogP contribution in [0.5, 0.6) is 0 Å². The van der Waals surface area contributed by atoms with Gasteiger partial charge >= 0.3 is 0 Å². The van der Waals surface area contributed by atoms with E-state index in [2.05, 4.69) is 122 Å². The Morgan fingerprint density at radius 3 is 0.912 bits per heavy atom. The molecule has 4 aromatic carbocycles. The van der Waals surface area contributed by atoms with E-state index in [1.807, 2.05) is 36.4 Å². The maximum absolute atomic E-state index is 3.37. The van der Waals surface area contributed by atoms with E-state index < -0.39 is 0 Å². The molecule has 0 aliphatic carbocycles. The van der Waals surface area contributed by atoms with Gasteiger partial charge in [0.05, 0.1) is 0 Å². The predicted molar refractivity (Wildman–Crippen MR) is 150 cm³/mol. The molecule has 0 saturated heterocycles. The summed E-state index contributed by atoms with van der Waals surface area (Å²) >= 11 is 0. The molecule has 4 N–H and O–H groups in total. The van der Waals surface area contributed by atoms with Crippen molar-refractivity contribution in [3.05, 3.63) is 109 Å². The molecule has 34 heavy (non-hydrogen) atoms. The van der Waals surface area contributed by atoms with E-state index in [0.29, 0.717) is 12.1 Å². The van der Waals surface area contributed by atoms with Gasteiger partial charge in [-0.05, 0) is 100 Å². The summed E-state index contributed by atoms with van der Waals surface area (Å²) in [6.07, 6.45) is 0. The van der Waals surface area contributed by atoms with Gasteiger partial charge in [0.25, 0.3) is 0 Å². The van der Waals surface area contributed by atoms with Crippen LogP contribution >= 0.6 is 0 Å². The summed E-state index contributed by atoms with van der Waals surface area (Å²) in [5, 5.41) is 13.4. The summed E-state index contributed by atoms with van der Waals surface area (Å²) in [6.45, 7) is 8.54. The number of benzene rings is 4. The summed E-state index contributed by atoms with van der Waals surface area (Å²) in [5.41, 5.74) is 6.72. The van der Waals surface area contributed by atoms with Gasteiger partial charge in [0, 0.05) is 46.2 Å². The van der Waals surface area contributed by atoms with Crippen LogP contribution in [0.4, 0.5) is 34.1 Å². The first-order chi connectivity index (χ1) is 16.5. The molecule has 176 valence electrons. The smallest absolute Gasteiger partial charge is 0.0385 e. The van der Waals surface area contributed by atoms with E-state index in [9.17, 15) is 0 Å². The molecule has 0 aromatic heterocycles. The fourth-order valence-corrected chi connectivity index (χ4v) is 3.34. The van der Waals surface area contributed by atoms with Gasteiger partial charge in [-0.1, -0.05) is 36.4 Å². The summed E-state index contributed by atoms with van der Waals surface area (Å²) in [7, 11) is 0. The average Bonchev–Trinajstić information content (AvgIpc) is 2.83. The highest BCUT2D eigenvalue weighted by Crippen LogP contribution is 2.20. The lowest BCUT2D eigenvalue weighted by atomic mass is 10.2. The molecule has 4 nitrogen and oxygen atoms in total. The average molecular weight is 453 g/mol. The van der Waals surface area contributed by atoms with Crippen LogP contribution in [-0.4, -0.2) is 12.1 Å². The Bertz CT molecular complexity index is 983. The molecule has 0 fully saturated rings. The largest absolute Gasteiger partial charge is 0.383 e. The minimum absolute atomic E-state index is 0.461. The zero-order chi connectivity index (χ0) is 24.2. The molecule has 0 spiro atoms. The Kier molecular flexibility index (Phi) is 9.41. The molecule has 0 heterocycles. The van der Waals surface area contributed by atoms with Gasteiger partial charge in [-0.2, -0.15) is 0 Å². The SMILES string of the molecule is CC(C)Nc1ccc(Nc2ccccc2)cc1.CC(C)Nc1ccc(Nc2ccccc2)cc1. The van der Waals surface area contributed by atoms with E-state index >= 15 is 0 Å². The zero-order valence-corrected chi connectivity index (χ0v) is 20.5.